The van der Waals surface area contributed by atoms with Gasteiger partial charge in [-0.05, 0) is 49.2 Å². The third kappa shape index (κ3) is 6.69. The Morgan fingerprint density at radius 3 is 2.50 bits per heavy atom. The lowest BCUT2D eigenvalue weighted by Crippen LogP contribution is -2.27. The van der Waals surface area contributed by atoms with Crippen LogP contribution in [0.3, 0.4) is 0 Å². The summed E-state index contributed by atoms with van der Waals surface area (Å²) in [4.78, 5) is 25.7. The normalized spacial score (nSPS) is 11.1. The van der Waals surface area contributed by atoms with E-state index >= 15 is 0 Å². The Bertz CT molecular complexity index is 1300. The summed E-state index contributed by atoms with van der Waals surface area (Å²) in [5.74, 6) is -2.11. The third-order valence-electron chi connectivity index (χ3n) is 4.91. The fourth-order valence-corrected chi connectivity index (χ4v) is 3.23. The van der Waals surface area contributed by atoms with Crippen molar-refractivity contribution in [3.63, 3.8) is 0 Å². The Morgan fingerprint density at radius 1 is 1.08 bits per heavy atom. The predicted molar refractivity (Wildman–Crippen MR) is 125 cm³/mol. The minimum absolute atomic E-state index is 0.155. The number of nitrogens with zero attached hydrogens (tertiary/aromatic N) is 4. The molecule has 4 heterocycles. The minimum atomic E-state index is -5.08. The fourth-order valence-electron chi connectivity index (χ4n) is 3.23. The van der Waals surface area contributed by atoms with Crippen LogP contribution in [0.1, 0.15) is 23.8 Å². The van der Waals surface area contributed by atoms with Crippen molar-refractivity contribution < 1.29 is 32.6 Å². The number of halogens is 3. The molecule has 9 nitrogen and oxygen atoms in total. The molecule has 4 aromatic rings. The molecule has 0 unspecified atom stereocenters. The van der Waals surface area contributed by atoms with Crippen molar-refractivity contribution in [1.82, 2.24) is 24.5 Å². The Balaban J connectivity index is 0.000000454. The summed E-state index contributed by atoms with van der Waals surface area (Å²) in [7, 11) is 0. The summed E-state index contributed by atoms with van der Waals surface area (Å²) in [6.45, 7) is 3.84. The lowest BCUT2D eigenvalue weighted by molar-refractivity contribution is -0.192. The molecule has 0 saturated carbocycles. The van der Waals surface area contributed by atoms with Crippen LogP contribution in [-0.2, 0) is 9.53 Å². The Labute approximate surface area is 204 Å². The molecule has 0 aliphatic heterocycles. The van der Waals surface area contributed by atoms with E-state index in [0.29, 0.717) is 25.5 Å². The number of ether oxygens (including phenoxy) is 1. The Kier molecular flexibility index (Phi) is 8.79. The van der Waals surface area contributed by atoms with E-state index in [-0.39, 0.29) is 5.91 Å². The van der Waals surface area contributed by atoms with Gasteiger partial charge in [-0.15, -0.1) is 0 Å². The standard InChI is InChI=1S/C22H23N5O2.C2HF3O2/c1-2-29-14-4-12-24-22(28)20-10-13-25-27(20)21-9-8-19-7-6-18(16-26(19)21)17-5-3-11-23-15-17;3-2(4,5)1(6)7/h3,5-11,13,15-16H,2,4,12,14H2,1H3,(H,24,28);(H,6,7). The van der Waals surface area contributed by atoms with Gasteiger partial charge in [-0.2, -0.15) is 18.3 Å². The van der Waals surface area contributed by atoms with Gasteiger partial charge in [0.15, 0.2) is 0 Å². The number of pyridine rings is 2. The summed E-state index contributed by atoms with van der Waals surface area (Å²) in [5.41, 5.74) is 3.58. The highest BCUT2D eigenvalue weighted by molar-refractivity contribution is 5.93. The average Bonchev–Trinajstić information content (AvgIpc) is 3.50. The number of carboxylic acid groups (broad SMARTS) is 1. The van der Waals surface area contributed by atoms with Crippen molar-refractivity contribution in [2.75, 3.05) is 19.8 Å². The second-order valence-electron chi connectivity index (χ2n) is 7.38. The molecule has 0 spiro atoms. The zero-order valence-electron chi connectivity index (χ0n) is 19.3. The average molecular weight is 503 g/mol. The van der Waals surface area contributed by atoms with Crippen molar-refractivity contribution in [2.45, 2.75) is 19.5 Å². The van der Waals surface area contributed by atoms with Crippen LogP contribution in [0.15, 0.2) is 67.3 Å². The molecule has 190 valence electrons. The molecule has 36 heavy (non-hydrogen) atoms. The molecule has 1 amide bonds. The monoisotopic (exact) mass is 503 g/mol. The molecule has 0 radical (unpaired) electrons. The lowest BCUT2D eigenvalue weighted by Gasteiger charge is -2.10. The molecule has 0 aliphatic carbocycles. The van der Waals surface area contributed by atoms with Crippen LogP contribution < -0.4 is 5.32 Å². The van der Waals surface area contributed by atoms with E-state index in [1.54, 1.807) is 23.1 Å². The first-order valence-corrected chi connectivity index (χ1v) is 10.9. The zero-order valence-corrected chi connectivity index (χ0v) is 19.3. The summed E-state index contributed by atoms with van der Waals surface area (Å²) in [6.07, 6.45) is 2.95. The van der Waals surface area contributed by atoms with Crippen LogP contribution in [-0.4, -0.2) is 62.1 Å². The van der Waals surface area contributed by atoms with E-state index in [4.69, 9.17) is 14.6 Å². The van der Waals surface area contributed by atoms with Gasteiger partial charge in [-0.3, -0.25) is 9.78 Å². The van der Waals surface area contributed by atoms with E-state index < -0.39 is 12.1 Å². The predicted octanol–water partition coefficient (Wildman–Crippen LogP) is 3.98. The highest BCUT2D eigenvalue weighted by Crippen LogP contribution is 2.23. The summed E-state index contributed by atoms with van der Waals surface area (Å²) in [5, 5.41) is 14.4. The van der Waals surface area contributed by atoms with Crippen LogP contribution in [0.4, 0.5) is 13.2 Å². The van der Waals surface area contributed by atoms with Gasteiger partial charge in [0, 0.05) is 49.4 Å². The second-order valence-corrected chi connectivity index (χ2v) is 7.38. The van der Waals surface area contributed by atoms with Crippen LogP contribution in [0.5, 0.6) is 0 Å². The number of carbonyl (C=O) groups excluding carboxylic acids is 1. The highest BCUT2D eigenvalue weighted by atomic mass is 19.4. The molecule has 0 aliphatic rings. The van der Waals surface area contributed by atoms with Gasteiger partial charge in [0.1, 0.15) is 11.5 Å². The van der Waals surface area contributed by atoms with Gasteiger partial charge in [0.25, 0.3) is 5.91 Å². The number of alkyl halides is 3. The molecule has 0 atom stereocenters. The molecule has 0 fully saturated rings. The largest absolute Gasteiger partial charge is 0.490 e. The SMILES string of the molecule is CCOCCCNC(=O)c1ccnn1-c1ccc2ccc(-c3cccnc3)cn12.O=C(O)C(F)(F)F. The van der Waals surface area contributed by atoms with Gasteiger partial charge in [0.05, 0.1) is 6.20 Å². The second kappa shape index (κ2) is 12.0. The number of aliphatic carboxylic acids is 1. The van der Waals surface area contributed by atoms with E-state index in [1.165, 1.54) is 0 Å². The van der Waals surface area contributed by atoms with Crippen LogP contribution in [0.2, 0.25) is 0 Å². The van der Waals surface area contributed by atoms with Crippen molar-refractivity contribution in [3.05, 3.63) is 72.9 Å². The van der Waals surface area contributed by atoms with Crippen LogP contribution >= 0.6 is 0 Å². The quantitative estimate of drug-likeness (QED) is 0.352. The maximum Gasteiger partial charge on any atom is 0.490 e. The molecule has 0 bridgehead atoms. The summed E-state index contributed by atoms with van der Waals surface area (Å²) in [6, 6.07) is 13.7. The lowest BCUT2D eigenvalue weighted by atomic mass is 10.1. The van der Waals surface area contributed by atoms with Crippen molar-refractivity contribution in [2.24, 2.45) is 0 Å². The van der Waals surface area contributed by atoms with Crippen molar-refractivity contribution in [1.29, 1.82) is 0 Å². The Morgan fingerprint density at radius 2 is 1.83 bits per heavy atom. The summed E-state index contributed by atoms with van der Waals surface area (Å²) >= 11 is 0. The molecule has 4 rings (SSSR count). The maximum absolute atomic E-state index is 12.6. The maximum atomic E-state index is 12.6. The summed E-state index contributed by atoms with van der Waals surface area (Å²) < 4.78 is 40.7. The fraction of sp³-hybridized carbons (Fsp3) is 0.250. The number of carbonyl (C=O) groups is 2. The van der Waals surface area contributed by atoms with Gasteiger partial charge >= 0.3 is 12.1 Å². The number of amides is 1. The Hall–Kier alpha value is -4.19. The van der Waals surface area contributed by atoms with Gasteiger partial charge < -0.3 is 19.6 Å². The van der Waals surface area contributed by atoms with E-state index in [9.17, 15) is 18.0 Å². The minimum Gasteiger partial charge on any atom is -0.475 e. The first-order valence-electron chi connectivity index (χ1n) is 10.9. The number of hydrogen-bond acceptors (Lipinski definition) is 5. The number of fused-ring (bicyclic) bond motifs is 1. The van der Waals surface area contributed by atoms with Crippen molar-refractivity contribution >= 4 is 17.4 Å². The van der Waals surface area contributed by atoms with Gasteiger partial charge in [-0.1, -0.05) is 12.1 Å². The first-order chi connectivity index (χ1) is 17.2. The number of nitrogens with one attached hydrogen (secondary N) is 1. The molecule has 0 saturated heterocycles. The molecular formula is C24H24F3N5O4. The molecular weight excluding hydrogens is 479 g/mol. The topological polar surface area (TPSA) is 111 Å². The molecule has 12 heteroatoms. The number of rotatable bonds is 8. The third-order valence-corrected chi connectivity index (χ3v) is 4.91. The smallest absolute Gasteiger partial charge is 0.475 e. The van der Waals surface area contributed by atoms with Crippen LogP contribution in [0.25, 0.3) is 22.5 Å². The molecule has 2 N–H and O–H groups in total. The first kappa shape index (κ1) is 26.4. The van der Waals surface area contributed by atoms with E-state index in [2.05, 4.69) is 21.5 Å². The van der Waals surface area contributed by atoms with E-state index in [0.717, 1.165) is 28.9 Å². The zero-order chi connectivity index (χ0) is 26.1. The molecule has 4 aromatic heterocycles. The van der Waals surface area contributed by atoms with Gasteiger partial charge in [0.2, 0.25) is 0 Å². The van der Waals surface area contributed by atoms with Crippen LogP contribution in [0, 0.1) is 0 Å². The highest BCUT2D eigenvalue weighted by Gasteiger charge is 2.38. The van der Waals surface area contributed by atoms with E-state index in [1.807, 2.05) is 54.0 Å². The van der Waals surface area contributed by atoms with Crippen molar-refractivity contribution in [3.8, 4) is 16.9 Å². The van der Waals surface area contributed by atoms with Gasteiger partial charge in [-0.25, -0.2) is 9.48 Å². The number of hydrogen-bond donors (Lipinski definition) is 2. The number of aromatic nitrogens is 4. The number of carboxylic acids is 1. The molecule has 0 aromatic carbocycles.